The van der Waals surface area contributed by atoms with Crippen LogP contribution in [0.2, 0.25) is 5.15 Å². The Morgan fingerprint density at radius 2 is 2.14 bits per heavy atom. The van der Waals surface area contributed by atoms with E-state index in [1.807, 2.05) is 24.3 Å². The van der Waals surface area contributed by atoms with E-state index in [1.165, 1.54) is 23.2 Å². The molecule has 21 heavy (non-hydrogen) atoms. The molecule has 0 saturated heterocycles. The molecule has 0 fully saturated rings. The number of aromatic nitrogens is 3. The van der Waals surface area contributed by atoms with Crippen molar-refractivity contribution >= 4 is 22.5 Å². The van der Waals surface area contributed by atoms with Gasteiger partial charge in [0.05, 0.1) is 25.5 Å². The third-order valence-electron chi connectivity index (χ3n) is 3.18. The Morgan fingerprint density at radius 3 is 2.90 bits per heavy atom. The van der Waals surface area contributed by atoms with Gasteiger partial charge in [-0.1, -0.05) is 11.6 Å². The molecule has 0 spiro atoms. The van der Waals surface area contributed by atoms with Gasteiger partial charge in [0.1, 0.15) is 10.9 Å². The smallest absolute Gasteiger partial charge is 0.253 e. The maximum absolute atomic E-state index is 11.7. The summed E-state index contributed by atoms with van der Waals surface area (Å²) in [7, 11) is 1.60. The van der Waals surface area contributed by atoms with Crippen LogP contribution in [0, 0.1) is 0 Å². The van der Waals surface area contributed by atoms with E-state index in [0.29, 0.717) is 11.7 Å². The summed E-state index contributed by atoms with van der Waals surface area (Å²) in [5, 5.41) is 1.30. The Hall–Kier alpha value is -2.40. The molecule has 1 aromatic carbocycles. The topological polar surface area (TPSA) is 57.0 Å². The van der Waals surface area contributed by atoms with Crippen molar-refractivity contribution in [1.29, 1.82) is 0 Å². The first-order chi connectivity index (χ1) is 10.2. The average molecular weight is 302 g/mol. The highest BCUT2D eigenvalue weighted by Crippen LogP contribution is 2.24. The van der Waals surface area contributed by atoms with E-state index < -0.39 is 0 Å². The third-order valence-corrected chi connectivity index (χ3v) is 3.51. The fourth-order valence-corrected chi connectivity index (χ4v) is 2.29. The largest absolute Gasteiger partial charge is 0.497 e. The van der Waals surface area contributed by atoms with Gasteiger partial charge in [0, 0.05) is 29.3 Å². The summed E-state index contributed by atoms with van der Waals surface area (Å²) >= 11 is 6.21. The quantitative estimate of drug-likeness (QED) is 0.698. The molecule has 3 aromatic rings. The molecule has 0 radical (unpaired) electrons. The van der Waals surface area contributed by atoms with Crippen LogP contribution in [0.1, 0.15) is 5.56 Å². The van der Waals surface area contributed by atoms with Crippen LogP contribution >= 0.6 is 11.6 Å². The van der Waals surface area contributed by atoms with Crippen molar-refractivity contribution < 1.29 is 4.74 Å². The van der Waals surface area contributed by atoms with Crippen LogP contribution < -0.4 is 10.3 Å². The number of methoxy groups -OCH3 is 1. The SMILES string of the molecule is COc1ccc2cc(Cn3cnccc3=O)c(Cl)nc2c1. The number of pyridine rings is 1. The summed E-state index contributed by atoms with van der Waals surface area (Å²) < 4.78 is 6.65. The maximum atomic E-state index is 11.7. The molecule has 2 heterocycles. The summed E-state index contributed by atoms with van der Waals surface area (Å²) in [4.78, 5) is 20.0. The molecule has 0 aliphatic rings. The number of hydrogen-bond acceptors (Lipinski definition) is 4. The predicted octanol–water partition coefficient (Wildman–Crippen LogP) is 2.50. The molecule has 0 bridgehead atoms. The Balaban J connectivity index is 2.05. The van der Waals surface area contributed by atoms with Gasteiger partial charge in [-0.2, -0.15) is 0 Å². The molecule has 0 saturated carbocycles. The van der Waals surface area contributed by atoms with Crippen molar-refractivity contribution in [2.24, 2.45) is 0 Å². The summed E-state index contributed by atoms with van der Waals surface area (Å²) in [6.45, 7) is 0.334. The Labute approximate surface area is 125 Å². The molecule has 0 aliphatic heterocycles. The van der Waals surface area contributed by atoms with Gasteiger partial charge in [-0.25, -0.2) is 9.97 Å². The van der Waals surface area contributed by atoms with Crippen LogP contribution in [0.15, 0.2) is 47.7 Å². The van der Waals surface area contributed by atoms with Gasteiger partial charge < -0.3 is 4.74 Å². The minimum atomic E-state index is -0.129. The number of benzene rings is 1. The molecule has 0 N–H and O–H groups in total. The highest BCUT2D eigenvalue weighted by atomic mass is 35.5. The van der Waals surface area contributed by atoms with E-state index in [9.17, 15) is 4.79 Å². The highest BCUT2D eigenvalue weighted by molar-refractivity contribution is 6.30. The first-order valence-corrected chi connectivity index (χ1v) is 6.69. The molecule has 2 aromatic heterocycles. The second-order valence-corrected chi connectivity index (χ2v) is 4.90. The Bertz CT molecular complexity index is 861. The normalized spacial score (nSPS) is 10.8. The van der Waals surface area contributed by atoms with Crippen LogP contribution in [0.3, 0.4) is 0 Å². The molecule has 0 aliphatic carbocycles. The fourth-order valence-electron chi connectivity index (χ4n) is 2.09. The van der Waals surface area contributed by atoms with Gasteiger partial charge >= 0.3 is 0 Å². The van der Waals surface area contributed by atoms with Crippen LogP contribution in [-0.2, 0) is 6.54 Å². The highest BCUT2D eigenvalue weighted by Gasteiger charge is 2.07. The fraction of sp³-hybridized carbons (Fsp3) is 0.133. The zero-order valence-electron chi connectivity index (χ0n) is 11.3. The van der Waals surface area contributed by atoms with E-state index in [2.05, 4.69) is 9.97 Å². The van der Waals surface area contributed by atoms with Gasteiger partial charge in [0.15, 0.2) is 0 Å². The molecule has 3 rings (SSSR count). The molecule has 0 amide bonds. The molecular formula is C15H12ClN3O2. The lowest BCUT2D eigenvalue weighted by Crippen LogP contribution is -2.19. The van der Waals surface area contributed by atoms with E-state index in [1.54, 1.807) is 7.11 Å². The zero-order valence-corrected chi connectivity index (χ0v) is 12.0. The van der Waals surface area contributed by atoms with Gasteiger partial charge in [-0.3, -0.25) is 9.36 Å². The van der Waals surface area contributed by atoms with Crippen LogP contribution in [0.5, 0.6) is 5.75 Å². The standard InChI is InChI=1S/C15H12ClN3O2/c1-21-12-3-2-10-6-11(15(16)18-13(10)7-12)8-19-9-17-5-4-14(19)20/h2-7,9H,8H2,1H3. The van der Waals surface area contributed by atoms with E-state index >= 15 is 0 Å². The average Bonchev–Trinajstić information content (AvgIpc) is 2.49. The molecule has 6 heteroatoms. The minimum absolute atomic E-state index is 0.129. The third kappa shape index (κ3) is 2.73. The number of fused-ring (bicyclic) bond motifs is 1. The van der Waals surface area contributed by atoms with Crippen molar-refractivity contribution in [2.75, 3.05) is 7.11 Å². The molecule has 5 nitrogen and oxygen atoms in total. The zero-order chi connectivity index (χ0) is 14.8. The second kappa shape index (κ2) is 5.54. The van der Waals surface area contributed by atoms with Crippen LogP contribution in [-0.4, -0.2) is 21.6 Å². The van der Waals surface area contributed by atoms with Crippen molar-refractivity contribution in [3.05, 3.63) is 63.9 Å². The lowest BCUT2D eigenvalue weighted by molar-refractivity contribution is 0.415. The second-order valence-electron chi connectivity index (χ2n) is 4.54. The number of hydrogen-bond donors (Lipinski definition) is 0. The number of halogens is 1. The van der Waals surface area contributed by atoms with Gasteiger partial charge in [-0.15, -0.1) is 0 Å². The van der Waals surface area contributed by atoms with Gasteiger partial charge in [0.2, 0.25) is 0 Å². The monoisotopic (exact) mass is 301 g/mol. The number of ether oxygens (including phenoxy) is 1. The molecule has 0 atom stereocenters. The molecule has 0 unspecified atom stereocenters. The van der Waals surface area contributed by atoms with Crippen molar-refractivity contribution in [2.45, 2.75) is 6.54 Å². The summed E-state index contributed by atoms with van der Waals surface area (Å²) in [5.74, 6) is 0.724. The van der Waals surface area contributed by atoms with E-state index in [-0.39, 0.29) is 5.56 Å². The Morgan fingerprint density at radius 1 is 1.29 bits per heavy atom. The van der Waals surface area contributed by atoms with Crippen LogP contribution in [0.4, 0.5) is 0 Å². The summed E-state index contributed by atoms with van der Waals surface area (Å²) in [6, 6.07) is 8.92. The van der Waals surface area contributed by atoms with E-state index in [4.69, 9.17) is 16.3 Å². The maximum Gasteiger partial charge on any atom is 0.253 e. The first kappa shape index (κ1) is 13.6. The van der Waals surface area contributed by atoms with Gasteiger partial charge in [-0.05, 0) is 18.2 Å². The van der Waals surface area contributed by atoms with E-state index in [0.717, 1.165) is 22.2 Å². The summed E-state index contributed by atoms with van der Waals surface area (Å²) in [5.41, 5.74) is 1.39. The lowest BCUT2D eigenvalue weighted by atomic mass is 10.1. The van der Waals surface area contributed by atoms with Crippen molar-refractivity contribution in [1.82, 2.24) is 14.5 Å². The molecular weight excluding hydrogens is 290 g/mol. The van der Waals surface area contributed by atoms with Crippen molar-refractivity contribution in [3.8, 4) is 5.75 Å². The van der Waals surface area contributed by atoms with Crippen molar-refractivity contribution in [3.63, 3.8) is 0 Å². The first-order valence-electron chi connectivity index (χ1n) is 6.31. The lowest BCUT2D eigenvalue weighted by Gasteiger charge is -2.09. The minimum Gasteiger partial charge on any atom is -0.497 e. The molecule has 106 valence electrons. The predicted molar refractivity (Wildman–Crippen MR) is 80.9 cm³/mol. The number of rotatable bonds is 3. The van der Waals surface area contributed by atoms with Gasteiger partial charge in [0.25, 0.3) is 5.56 Å². The summed E-state index contributed by atoms with van der Waals surface area (Å²) in [6.07, 6.45) is 2.95. The number of nitrogens with zero attached hydrogens (tertiary/aromatic N) is 3. The van der Waals surface area contributed by atoms with Crippen LogP contribution in [0.25, 0.3) is 10.9 Å². The Kier molecular flexibility index (Phi) is 3.58.